The van der Waals surface area contributed by atoms with Crippen LogP contribution in [0.5, 0.6) is 0 Å². The maximum Gasteiger partial charge on any atom is 0.242 e. The Morgan fingerprint density at radius 2 is 1.93 bits per heavy atom. The van der Waals surface area contributed by atoms with Gasteiger partial charge in [-0.05, 0) is 36.5 Å². The van der Waals surface area contributed by atoms with E-state index in [2.05, 4.69) is 30.9 Å². The first-order valence-electron chi connectivity index (χ1n) is 13.6. The van der Waals surface area contributed by atoms with Crippen molar-refractivity contribution < 1.29 is 13.2 Å². The SMILES string of the molecule is O=C(NCc1ccc(Cl)cc1Cl)C(CC1CCCCC1)Nc1cc(-n2ccnc2)nc(NC2CCS(=O)(=O)C2)n1. The molecule has 0 bridgehead atoms. The summed E-state index contributed by atoms with van der Waals surface area (Å²) in [6, 6.07) is 6.15. The van der Waals surface area contributed by atoms with Gasteiger partial charge in [-0.15, -0.1) is 0 Å². The van der Waals surface area contributed by atoms with E-state index in [-0.39, 0.29) is 30.0 Å². The number of benzene rings is 1. The highest BCUT2D eigenvalue weighted by Crippen LogP contribution is 2.29. The van der Waals surface area contributed by atoms with Crippen molar-refractivity contribution >= 4 is 50.7 Å². The number of hydrogen-bond donors (Lipinski definition) is 3. The van der Waals surface area contributed by atoms with Gasteiger partial charge < -0.3 is 16.0 Å². The molecule has 3 heterocycles. The topological polar surface area (TPSA) is 131 Å². The van der Waals surface area contributed by atoms with Gasteiger partial charge in [0, 0.05) is 41.1 Å². The van der Waals surface area contributed by atoms with Gasteiger partial charge in [0.1, 0.15) is 24.0 Å². The molecule has 3 aromatic rings. The average molecular weight is 607 g/mol. The largest absolute Gasteiger partial charge is 0.358 e. The number of amides is 1. The minimum atomic E-state index is -3.08. The summed E-state index contributed by atoms with van der Waals surface area (Å²) in [6.45, 7) is 0.269. The van der Waals surface area contributed by atoms with Gasteiger partial charge in [-0.25, -0.2) is 13.4 Å². The molecule has 1 aliphatic heterocycles. The molecule has 2 aliphatic rings. The number of hydrogen-bond acceptors (Lipinski definition) is 8. The summed E-state index contributed by atoms with van der Waals surface area (Å²) in [4.78, 5) is 26.9. The molecular weight excluding hydrogens is 573 g/mol. The molecule has 0 spiro atoms. The molecule has 13 heteroatoms. The van der Waals surface area contributed by atoms with E-state index in [9.17, 15) is 13.2 Å². The van der Waals surface area contributed by atoms with Crippen LogP contribution in [0.3, 0.4) is 0 Å². The van der Waals surface area contributed by atoms with Crippen LogP contribution in [0.2, 0.25) is 10.0 Å². The predicted octanol–water partition coefficient (Wildman–Crippen LogP) is 4.64. The molecule has 10 nitrogen and oxygen atoms in total. The standard InChI is InChI=1S/C27H33Cl2N7O3S/c28-20-7-6-19(22(29)13-20)15-31-26(37)23(12-18-4-2-1-3-5-18)33-24-14-25(36-10-9-30-17-36)35-27(34-24)32-21-8-11-40(38,39)16-21/h6-7,9-10,13-14,17-18,21,23H,1-5,8,11-12,15-16H2,(H,31,37)(H2,32,33,34,35). The molecular formula is C27H33Cl2N7O3S. The third-order valence-corrected chi connectivity index (χ3v) is 9.80. The summed E-state index contributed by atoms with van der Waals surface area (Å²) in [5.41, 5.74) is 0.776. The molecule has 1 saturated heterocycles. The first-order chi connectivity index (χ1) is 19.2. The summed E-state index contributed by atoms with van der Waals surface area (Å²) in [7, 11) is -3.08. The fraction of sp³-hybridized carbons (Fsp3) is 0.481. The summed E-state index contributed by atoms with van der Waals surface area (Å²) in [5.74, 6) is 1.74. The maximum atomic E-state index is 13.5. The predicted molar refractivity (Wildman–Crippen MR) is 157 cm³/mol. The highest BCUT2D eigenvalue weighted by Gasteiger charge is 2.29. The molecule has 2 fully saturated rings. The van der Waals surface area contributed by atoms with Gasteiger partial charge in [0.25, 0.3) is 0 Å². The second-order valence-corrected chi connectivity index (χ2v) is 13.6. The van der Waals surface area contributed by atoms with Gasteiger partial charge in [-0.1, -0.05) is 61.4 Å². The van der Waals surface area contributed by atoms with Crippen LogP contribution in [0.15, 0.2) is 43.0 Å². The van der Waals surface area contributed by atoms with E-state index in [0.29, 0.717) is 46.4 Å². The van der Waals surface area contributed by atoms with Crippen molar-refractivity contribution in [1.82, 2.24) is 24.8 Å². The first-order valence-corrected chi connectivity index (χ1v) is 16.1. The van der Waals surface area contributed by atoms with Gasteiger partial charge in [-0.2, -0.15) is 9.97 Å². The van der Waals surface area contributed by atoms with Crippen LogP contribution in [0.25, 0.3) is 5.82 Å². The lowest BCUT2D eigenvalue weighted by molar-refractivity contribution is -0.122. The van der Waals surface area contributed by atoms with E-state index in [0.717, 1.165) is 31.2 Å². The number of aromatic nitrogens is 4. The van der Waals surface area contributed by atoms with Crippen LogP contribution in [-0.2, 0) is 21.2 Å². The van der Waals surface area contributed by atoms with E-state index in [1.54, 1.807) is 47.6 Å². The molecule has 1 aliphatic carbocycles. The molecule has 1 amide bonds. The lowest BCUT2D eigenvalue weighted by Gasteiger charge is -2.27. The van der Waals surface area contributed by atoms with E-state index >= 15 is 0 Å². The third kappa shape index (κ3) is 7.64. The molecule has 1 aromatic carbocycles. The Morgan fingerprint density at radius 3 is 2.62 bits per heavy atom. The number of imidazole rings is 1. The van der Waals surface area contributed by atoms with Gasteiger partial charge in [-0.3, -0.25) is 9.36 Å². The average Bonchev–Trinajstić information content (AvgIpc) is 3.58. The fourth-order valence-electron chi connectivity index (χ4n) is 5.33. The van der Waals surface area contributed by atoms with Gasteiger partial charge in [0.05, 0.1) is 11.5 Å². The second-order valence-electron chi connectivity index (χ2n) is 10.5. The molecule has 5 rings (SSSR count). The lowest BCUT2D eigenvalue weighted by atomic mass is 9.84. The Morgan fingerprint density at radius 1 is 1.10 bits per heavy atom. The maximum absolute atomic E-state index is 13.5. The number of rotatable bonds is 10. The number of halogens is 2. The zero-order valence-electron chi connectivity index (χ0n) is 22.0. The zero-order chi connectivity index (χ0) is 28.1. The van der Waals surface area contributed by atoms with Crippen molar-refractivity contribution in [2.24, 2.45) is 5.92 Å². The van der Waals surface area contributed by atoms with Crippen LogP contribution in [-0.4, -0.2) is 57.4 Å². The van der Waals surface area contributed by atoms with Crippen molar-refractivity contribution in [3.8, 4) is 5.82 Å². The van der Waals surface area contributed by atoms with Gasteiger partial charge >= 0.3 is 0 Å². The third-order valence-electron chi connectivity index (χ3n) is 7.45. The highest BCUT2D eigenvalue weighted by molar-refractivity contribution is 7.91. The normalized spacial score (nSPS) is 19.7. The summed E-state index contributed by atoms with van der Waals surface area (Å²) < 4.78 is 25.7. The second kappa shape index (κ2) is 12.7. The smallest absolute Gasteiger partial charge is 0.242 e. The minimum Gasteiger partial charge on any atom is -0.358 e. The summed E-state index contributed by atoms with van der Waals surface area (Å²) in [5, 5.41) is 10.6. The Balaban J connectivity index is 1.37. The highest BCUT2D eigenvalue weighted by atomic mass is 35.5. The van der Waals surface area contributed by atoms with Crippen molar-refractivity contribution in [2.45, 2.75) is 63.6 Å². The monoisotopic (exact) mass is 605 g/mol. The van der Waals surface area contributed by atoms with Crippen LogP contribution in [0.1, 0.15) is 50.5 Å². The quantitative estimate of drug-likeness (QED) is 0.305. The van der Waals surface area contributed by atoms with Crippen LogP contribution >= 0.6 is 23.2 Å². The zero-order valence-corrected chi connectivity index (χ0v) is 24.4. The number of carbonyl (C=O) groups excluding carboxylic acids is 1. The van der Waals surface area contributed by atoms with Crippen LogP contribution < -0.4 is 16.0 Å². The Hall–Kier alpha value is -2.89. The van der Waals surface area contributed by atoms with Crippen molar-refractivity contribution in [1.29, 1.82) is 0 Å². The lowest BCUT2D eigenvalue weighted by Crippen LogP contribution is -2.41. The Kier molecular flexibility index (Phi) is 9.12. The van der Waals surface area contributed by atoms with Gasteiger partial charge in [0.2, 0.25) is 11.9 Å². The number of nitrogens with zero attached hydrogens (tertiary/aromatic N) is 4. The molecule has 40 heavy (non-hydrogen) atoms. The molecule has 2 aromatic heterocycles. The first kappa shape index (κ1) is 28.6. The minimum absolute atomic E-state index is 0.0361. The molecule has 3 N–H and O–H groups in total. The molecule has 1 saturated carbocycles. The number of sulfone groups is 1. The number of carbonyl (C=O) groups is 1. The Labute approximate surface area is 244 Å². The fourth-order valence-corrected chi connectivity index (χ4v) is 7.48. The number of anilines is 2. The van der Waals surface area contributed by atoms with E-state index in [1.807, 2.05) is 0 Å². The summed E-state index contributed by atoms with van der Waals surface area (Å²) >= 11 is 12.4. The van der Waals surface area contributed by atoms with Crippen molar-refractivity contribution in [3.63, 3.8) is 0 Å². The molecule has 214 valence electrons. The molecule has 0 radical (unpaired) electrons. The van der Waals surface area contributed by atoms with Crippen LogP contribution in [0.4, 0.5) is 11.8 Å². The van der Waals surface area contributed by atoms with E-state index < -0.39 is 15.9 Å². The molecule has 2 atom stereocenters. The number of nitrogens with one attached hydrogen (secondary N) is 3. The molecule has 2 unspecified atom stereocenters. The van der Waals surface area contributed by atoms with E-state index in [1.165, 1.54) is 6.42 Å². The van der Waals surface area contributed by atoms with Crippen molar-refractivity contribution in [3.05, 3.63) is 58.6 Å². The van der Waals surface area contributed by atoms with E-state index in [4.69, 9.17) is 23.2 Å². The summed E-state index contributed by atoms with van der Waals surface area (Å²) in [6.07, 6.45) is 11.9. The van der Waals surface area contributed by atoms with Gasteiger partial charge in [0.15, 0.2) is 9.84 Å². The van der Waals surface area contributed by atoms with Crippen LogP contribution in [0, 0.1) is 5.92 Å². The van der Waals surface area contributed by atoms with Crippen molar-refractivity contribution in [2.75, 3.05) is 22.1 Å². The Bertz CT molecular complexity index is 1430.